The molecule has 0 N–H and O–H groups in total. The normalized spacial score (nSPS) is 10.7. The minimum atomic E-state index is -1.40. The quantitative estimate of drug-likeness (QED) is 0.444. The summed E-state index contributed by atoms with van der Waals surface area (Å²) in [5, 5.41) is 0. The lowest BCUT2D eigenvalue weighted by atomic mass is 9.84. The minimum absolute atomic E-state index is 0.358. The second kappa shape index (κ2) is 8.13. The second-order valence-electron chi connectivity index (χ2n) is 7.12. The molecule has 0 amide bonds. The van der Waals surface area contributed by atoms with Crippen molar-refractivity contribution in [2.75, 3.05) is 0 Å². The van der Waals surface area contributed by atoms with Gasteiger partial charge in [0.05, 0.1) is 0 Å². The zero-order valence-electron chi connectivity index (χ0n) is 16.2. The van der Waals surface area contributed by atoms with E-state index in [2.05, 4.69) is 0 Å². The third kappa shape index (κ3) is 4.15. The van der Waals surface area contributed by atoms with Crippen molar-refractivity contribution in [2.24, 2.45) is 5.92 Å². The van der Waals surface area contributed by atoms with Gasteiger partial charge in [0.25, 0.3) is 0 Å². The molecule has 0 aliphatic heterocycles. The summed E-state index contributed by atoms with van der Waals surface area (Å²) in [6.07, 6.45) is 0. The molecule has 28 heavy (non-hydrogen) atoms. The van der Waals surface area contributed by atoms with Gasteiger partial charge in [0, 0.05) is 16.7 Å². The van der Waals surface area contributed by atoms with Crippen molar-refractivity contribution in [1.29, 1.82) is 0 Å². The van der Waals surface area contributed by atoms with E-state index >= 15 is 0 Å². The first kappa shape index (κ1) is 19.4. The maximum atomic E-state index is 13.2. The third-order valence-electron chi connectivity index (χ3n) is 4.79. The molecule has 0 fully saturated rings. The Morgan fingerprint density at radius 3 is 0.893 bits per heavy atom. The lowest BCUT2D eigenvalue weighted by molar-refractivity contribution is 0.0733. The highest BCUT2D eigenvalue weighted by atomic mass is 16.2. The Balaban J connectivity index is 2.04. The molecule has 140 valence electrons. The lowest BCUT2D eigenvalue weighted by Crippen LogP contribution is -2.32. The molecule has 0 saturated heterocycles. The Kier molecular flexibility index (Phi) is 5.65. The maximum absolute atomic E-state index is 13.2. The molecule has 0 saturated carbocycles. The van der Waals surface area contributed by atoms with Crippen molar-refractivity contribution in [2.45, 2.75) is 20.8 Å². The molecular formula is C25H22O3. The van der Waals surface area contributed by atoms with E-state index in [1.165, 1.54) is 0 Å². The number of hydrogen-bond acceptors (Lipinski definition) is 3. The van der Waals surface area contributed by atoms with Crippen LogP contribution in [0, 0.1) is 26.7 Å². The minimum Gasteiger partial charge on any atom is -0.293 e. The van der Waals surface area contributed by atoms with Crippen LogP contribution in [0.15, 0.2) is 72.8 Å². The first-order chi connectivity index (χ1) is 13.4. The van der Waals surface area contributed by atoms with Gasteiger partial charge in [0.1, 0.15) is 5.92 Å². The molecule has 3 aromatic carbocycles. The highest BCUT2D eigenvalue weighted by Crippen LogP contribution is 2.21. The Hall–Kier alpha value is -3.33. The fourth-order valence-electron chi connectivity index (χ4n) is 3.01. The average molecular weight is 370 g/mol. The summed E-state index contributed by atoms with van der Waals surface area (Å²) >= 11 is 0. The van der Waals surface area contributed by atoms with E-state index in [0.717, 1.165) is 16.7 Å². The highest BCUT2D eigenvalue weighted by molar-refractivity contribution is 6.31. The van der Waals surface area contributed by atoms with Crippen molar-refractivity contribution < 1.29 is 14.4 Å². The molecule has 0 heterocycles. The molecule has 3 rings (SSSR count). The summed E-state index contributed by atoms with van der Waals surface area (Å²) in [4.78, 5) is 39.5. The van der Waals surface area contributed by atoms with E-state index in [4.69, 9.17) is 0 Å². The van der Waals surface area contributed by atoms with Crippen molar-refractivity contribution in [3.05, 3.63) is 106 Å². The summed E-state index contributed by atoms with van der Waals surface area (Å²) in [6.45, 7) is 5.75. The molecule has 0 atom stereocenters. The van der Waals surface area contributed by atoms with Crippen molar-refractivity contribution in [3.8, 4) is 0 Å². The van der Waals surface area contributed by atoms with E-state index in [1.807, 2.05) is 20.8 Å². The molecule has 3 heteroatoms. The third-order valence-corrected chi connectivity index (χ3v) is 4.79. The molecular weight excluding hydrogens is 348 g/mol. The van der Waals surface area contributed by atoms with Crippen molar-refractivity contribution in [3.63, 3.8) is 0 Å². The van der Waals surface area contributed by atoms with Crippen LogP contribution in [0.3, 0.4) is 0 Å². The molecule has 0 aliphatic carbocycles. The summed E-state index contributed by atoms with van der Waals surface area (Å²) in [7, 11) is 0. The largest absolute Gasteiger partial charge is 0.293 e. The number of Topliss-reactive ketones (excluding diaryl/α,β-unsaturated/α-hetero) is 3. The Labute approximate surface area is 165 Å². The zero-order valence-corrected chi connectivity index (χ0v) is 16.2. The number of benzene rings is 3. The number of carbonyl (C=O) groups excluding carboxylic acids is 3. The van der Waals surface area contributed by atoms with Crippen LogP contribution in [0.5, 0.6) is 0 Å². The van der Waals surface area contributed by atoms with Crippen molar-refractivity contribution >= 4 is 17.3 Å². The number of hydrogen-bond donors (Lipinski definition) is 0. The van der Waals surface area contributed by atoms with Crippen LogP contribution < -0.4 is 0 Å². The van der Waals surface area contributed by atoms with Gasteiger partial charge in [-0.05, 0) is 20.8 Å². The molecule has 0 aromatic heterocycles. The second-order valence-corrected chi connectivity index (χ2v) is 7.12. The number of carbonyl (C=O) groups is 3. The summed E-state index contributed by atoms with van der Waals surface area (Å²) < 4.78 is 0. The molecule has 0 aliphatic rings. The van der Waals surface area contributed by atoms with E-state index in [9.17, 15) is 14.4 Å². The number of ketones is 3. The van der Waals surface area contributed by atoms with Crippen LogP contribution >= 0.6 is 0 Å². The van der Waals surface area contributed by atoms with Gasteiger partial charge < -0.3 is 0 Å². The predicted molar refractivity (Wildman–Crippen MR) is 110 cm³/mol. The molecule has 3 aromatic rings. The number of rotatable bonds is 6. The molecule has 3 nitrogen and oxygen atoms in total. The average Bonchev–Trinajstić information content (AvgIpc) is 2.69. The highest BCUT2D eigenvalue weighted by Gasteiger charge is 2.35. The van der Waals surface area contributed by atoms with Gasteiger partial charge in [0.2, 0.25) is 0 Å². The first-order valence-electron chi connectivity index (χ1n) is 9.19. The fourth-order valence-corrected chi connectivity index (χ4v) is 3.01. The summed E-state index contributed by atoms with van der Waals surface area (Å²) in [5.41, 5.74) is 4.08. The Morgan fingerprint density at radius 1 is 0.464 bits per heavy atom. The van der Waals surface area contributed by atoms with E-state index in [1.54, 1.807) is 72.8 Å². The van der Waals surface area contributed by atoms with Crippen LogP contribution in [0.4, 0.5) is 0 Å². The topological polar surface area (TPSA) is 51.2 Å². The van der Waals surface area contributed by atoms with Crippen molar-refractivity contribution in [1.82, 2.24) is 0 Å². The molecule has 0 unspecified atom stereocenters. The molecule has 0 radical (unpaired) electrons. The van der Waals surface area contributed by atoms with Crippen LogP contribution in [0.2, 0.25) is 0 Å². The summed E-state index contributed by atoms with van der Waals surface area (Å²) in [6, 6.07) is 20.8. The van der Waals surface area contributed by atoms with Gasteiger partial charge >= 0.3 is 0 Å². The first-order valence-corrected chi connectivity index (χ1v) is 9.19. The molecule has 0 spiro atoms. The summed E-state index contributed by atoms with van der Waals surface area (Å²) in [5.74, 6) is -2.82. The van der Waals surface area contributed by atoms with Gasteiger partial charge in [-0.1, -0.05) is 89.5 Å². The SMILES string of the molecule is Cc1ccc(C(=O)C(C(=O)c2ccc(C)cc2)C(=O)c2ccc(C)cc2)cc1. The van der Waals surface area contributed by atoms with Gasteiger partial charge in [-0.2, -0.15) is 0 Å². The van der Waals surface area contributed by atoms with Gasteiger partial charge in [-0.3, -0.25) is 14.4 Å². The van der Waals surface area contributed by atoms with E-state index < -0.39 is 23.3 Å². The van der Waals surface area contributed by atoms with Crippen LogP contribution in [-0.2, 0) is 0 Å². The van der Waals surface area contributed by atoms with Crippen LogP contribution in [-0.4, -0.2) is 17.3 Å². The van der Waals surface area contributed by atoms with Gasteiger partial charge in [-0.15, -0.1) is 0 Å². The molecule has 0 bridgehead atoms. The van der Waals surface area contributed by atoms with Gasteiger partial charge in [0.15, 0.2) is 17.3 Å². The smallest absolute Gasteiger partial charge is 0.181 e. The van der Waals surface area contributed by atoms with E-state index in [-0.39, 0.29) is 0 Å². The fraction of sp³-hybridized carbons (Fsp3) is 0.160. The number of aryl methyl sites for hydroxylation is 3. The van der Waals surface area contributed by atoms with Crippen LogP contribution in [0.25, 0.3) is 0 Å². The van der Waals surface area contributed by atoms with E-state index in [0.29, 0.717) is 16.7 Å². The Bertz CT molecular complexity index is 874. The lowest BCUT2D eigenvalue weighted by Gasteiger charge is -2.15. The zero-order chi connectivity index (χ0) is 20.3. The maximum Gasteiger partial charge on any atom is 0.181 e. The van der Waals surface area contributed by atoms with Gasteiger partial charge in [-0.25, -0.2) is 0 Å². The predicted octanol–water partition coefficient (Wildman–Crippen LogP) is 5.18. The monoisotopic (exact) mass is 370 g/mol. The Morgan fingerprint density at radius 2 is 0.679 bits per heavy atom. The van der Waals surface area contributed by atoms with Crippen LogP contribution in [0.1, 0.15) is 47.8 Å². The standard InChI is InChI=1S/C25H22O3/c1-16-4-10-19(11-5-16)23(26)22(24(27)20-12-6-17(2)7-13-20)25(28)21-14-8-18(3)9-15-21/h4-15,22H,1-3H3.